The number of rotatable bonds is 8. The van der Waals surface area contributed by atoms with Crippen molar-refractivity contribution in [1.82, 2.24) is 0 Å². The van der Waals surface area contributed by atoms with E-state index < -0.39 is 15.8 Å². The highest BCUT2D eigenvalue weighted by Crippen LogP contribution is 2.14. The third-order valence-electron chi connectivity index (χ3n) is 3.56. The summed E-state index contributed by atoms with van der Waals surface area (Å²) in [5.41, 5.74) is 2.06. The van der Waals surface area contributed by atoms with E-state index in [-0.39, 0.29) is 30.3 Å². The number of carbonyl (C=O) groups is 1. The van der Waals surface area contributed by atoms with Gasteiger partial charge in [0.1, 0.15) is 19.0 Å². The average Bonchev–Trinajstić information content (AvgIpc) is 2.57. The van der Waals surface area contributed by atoms with Gasteiger partial charge in [-0.25, -0.2) is 8.42 Å². The molecule has 0 unspecified atom stereocenters. The topological polar surface area (TPSA) is 69.7 Å². The van der Waals surface area contributed by atoms with Crippen LogP contribution in [0.1, 0.15) is 17.5 Å². The Hall–Kier alpha value is -2.34. The molecule has 5 nitrogen and oxygen atoms in total. The molecule has 2 rings (SSSR count). The molecule has 0 spiro atoms. The van der Waals surface area contributed by atoms with Crippen LogP contribution in [0, 0.1) is 13.8 Å². The zero-order chi connectivity index (χ0) is 18.3. The van der Waals surface area contributed by atoms with Crippen molar-refractivity contribution in [2.45, 2.75) is 25.2 Å². The molecule has 0 saturated carbocycles. The van der Waals surface area contributed by atoms with E-state index in [2.05, 4.69) is 0 Å². The van der Waals surface area contributed by atoms with Crippen molar-refractivity contribution < 1.29 is 22.7 Å². The van der Waals surface area contributed by atoms with Crippen LogP contribution >= 0.6 is 0 Å². The molecule has 0 saturated heterocycles. The lowest BCUT2D eigenvalue weighted by molar-refractivity contribution is -0.143. The van der Waals surface area contributed by atoms with Gasteiger partial charge in [0, 0.05) is 0 Å². The van der Waals surface area contributed by atoms with Crippen LogP contribution in [0.3, 0.4) is 0 Å². The third kappa shape index (κ3) is 6.23. The monoisotopic (exact) mass is 362 g/mol. The quantitative estimate of drug-likeness (QED) is 0.533. The number of benzene rings is 2. The second-order valence-corrected chi connectivity index (χ2v) is 7.88. The molecule has 25 heavy (non-hydrogen) atoms. The molecule has 0 aliphatic heterocycles. The van der Waals surface area contributed by atoms with E-state index in [1.165, 1.54) is 0 Å². The number of carbonyl (C=O) groups excluding carboxylic acids is 1. The number of hydrogen-bond acceptors (Lipinski definition) is 5. The van der Waals surface area contributed by atoms with E-state index in [0.29, 0.717) is 5.75 Å². The van der Waals surface area contributed by atoms with E-state index in [1.807, 2.05) is 38.1 Å². The fourth-order valence-corrected chi connectivity index (χ4v) is 3.40. The van der Waals surface area contributed by atoms with Gasteiger partial charge in [0.2, 0.25) is 0 Å². The van der Waals surface area contributed by atoms with E-state index >= 15 is 0 Å². The number of hydrogen-bond donors (Lipinski definition) is 0. The molecule has 0 bridgehead atoms. The minimum Gasteiger partial charge on any atom is -0.490 e. The lowest BCUT2D eigenvalue weighted by atomic mass is 10.2. The number of aryl methyl sites for hydroxylation is 2. The maximum atomic E-state index is 12.2. The van der Waals surface area contributed by atoms with E-state index in [9.17, 15) is 13.2 Å². The van der Waals surface area contributed by atoms with Crippen molar-refractivity contribution in [3.05, 3.63) is 59.7 Å². The predicted molar refractivity (Wildman–Crippen MR) is 95.5 cm³/mol. The summed E-state index contributed by atoms with van der Waals surface area (Å²) in [7, 11) is -3.48. The van der Waals surface area contributed by atoms with Gasteiger partial charge in [-0.05, 0) is 43.7 Å². The summed E-state index contributed by atoms with van der Waals surface area (Å²) in [4.78, 5) is 11.9. The molecule has 0 aliphatic rings. The Bertz CT molecular complexity index is 810. The molecule has 2 aromatic carbocycles. The van der Waals surface area contributed by atoms with Gasteiger partial charge in [-0.1, -0.05) is 29.8 Å². The van der Waals surface area contributed by atoms with Gasteiger partial charge in [0.25, 0.3) is 0 Å². The van der Waals surface area contributed by atoms with Crippen LogP contribution in [0.5, 0.6) is 5.75 Å². The van der Waals surface area contributed by atoms with Crippen LogP contribution in [-0.2, 0) is 19.4 Å². The first kappa shape index (κ1) is 19.0. The predicted octanol–water partition coefficient (Wildman–Crippen LogP) is 3.09. The molecule has 0 N–H and O–H groups in total. The summed E-state index contributed by atoms with van der Waals surface area (Å²) in [6, 6.07) is 14.1. The fraction of sp³-hybridized carbons (Fsp3) is 0.316. The highest BCUT2D eigenvalue weighted by atomic mass is 32.2. The average molecular weight is 362 g/mol. The van der Waals surface area contributed by atoms with Gasteiger partial charge in [0.05, 0.1) is 17.1 Å². The molecule has 0 radical (unpaired) electrons. The SMILES string of the molecule is Cc1ccc(S(=O)(=O)CCC(=O)OCCOc2cccc(C)c2)cc1. The van der Waals surface area contributed by atoms with Gasteiger partial charge in [-0.3, -0.25) is 4.79 Å². The minimum absolute atomic E-state index is 0.0807. The standard InChI is InChI=1S/C19H22O5S/c1-15-6-8-18(9-7-15)25(21,22)13-10-19(20)24-12-11-23-17-5-3-4-16(2)14-17/h3-9,14H,10-13H2,1-2H3. The highest BCUT2D eigenvalue weighted by molar-refractivity contribution is 7.91. The zero-order valence-electron chi connectivity index (χ0n) is 14.4. The van der Waals surface area contributed by atoms with Crippen LogP contribution in [-0.4, -0.2) is 33.4 Å². The number of esters is 1. The van der Waals surface area contributed by atoms with Gasteiger partial charge in [0.15, 0.2) is 9.84 Å². The Morgan fingerprint density at radius 3 is 2.36 bits per heavy atom. The number of sulfone groups is 1. The van der Waals surface area contributed by atoms with Crippen molar-refractivity contribution in [3.8, 4) is 5.75 Å². The van der Waals surface area contributed by atoms with Gasteiger partial charge in [-0.2, -0.15) is 0 Å². The van der Waals surface area contributed by atoms with E-state index in [1.54, 1.807) is 24.3 Å². The second kappa shape index (κ2) is 8.67. The molecular formula is C19H22O5S. The van der Waals surface area contributed by atoms with Crippen LogP contribution in [0.25, 0.3) is 0 Å². The summed E-state index contributed by atoms with van der Waals surface area (Å²) in [5, 5.41) is 0. The van der Waals surface area contributed by atoms with Crippen LogP contribution < -0.4 is 4.74 Å². The molecule has 0 aliphatic carbocycles. The molecule has 2 aromatic rings. The summed E-state index contributed by atoms with van der Waals surface area (Å²) >= 11 is 0. The van der Waals surface area contributed by atoms with E-state index in [0.717, 1.165) is 11.1 Å². The minimum atomic E-state index is -3.48. The lowest BCUT2D eigenvalue weighted by Crippen LogP contribution is -2.16. The van der Waals surface area contributed by atoms with Crippen LogP contribution in [0.2, 0.25) is 0 Å². The normalized spacial score (nSPS) is 11.1. The first-order valence-electron chi connectivity index (χ1n) is 8.01. The first-order valence-corrected chi connectivity index (χ1v) is 9.66. The largest absolute Gasteiger partial charge is 0.490 e. The van der Waals surface area contributed by atoms with Crippen LogP contribution in [0.15, 0.2) is 53.4 Å². The van der Waals surface area contributed by atoms with Crippen molar-refractivity contribution in [3.63, 3.8) is 0 Å². The Kier molecular flexibility index (Phi) is 6.58. The molecule has 0 heterocycles. The summed E-state index contributed by atoms with van der Waals surface area (Å²) in [5.74, 6) is -0.116. The molecule has 0 aromatic heterocycles. The highest BCUT2D eigenvalue weighted by Gasteiger charge is 2.16. The molecule has 134 valence electrons. The fourth-order valence-electron chi connectivity index (χ4n) is 2.17. The Morgan fingerprint density at radius 1 is 0.960 bits per heavy atom. The number of ether oxygens (including phenoxy) is 2. The Balaban J connectivity index is 1.72. The van der Waals surface area contributed by atoms with Gasteiger partial charge >= 0.3 is 5.97 Å². The second-order valence-electron chi connectivity index (χ2n) is 5.77. The van der Waals surface area contributed by atoms with Crippen LogP contribution in [0.4, 0.5) is 0 Å². The summed E-state index contributed by atoms with van der Waals surface area (Å²) < 4.78 is 34.8. The first-order chi connectivity index (χ1) is 11.9. The van der Waals surface area contributed by atoms with E-state index in [4.69, 9.17) is 9.47 Å². The molecule has 0 atom stereocenters. The molecule has 0 fully saturated rings. The smallest absolute Gasteiger partial charge is 0.306 e. The molecular weight excluding hydrogens is 340 g/mol. The molecule has 0 amide bonds. The van der Waals surface area contributed by atoms with Gasteiger partial charge < -0.3 is 9.47 Å². The van der Waals surface area contributed by atoms with Gasteiger partial charge in [-0.15, -0.1) is 0 Å². The van der Waals surface area contributed by atoms with Crippen molar-refractivity contribution in [2.24, 2.45) is 0 Å². The lowest BCUT2D eigenvalue weighted by Gasteiger charge is -2.08. The maximum absolute atomic E-state index is 12.2. The Morgan fingerprint density at radius 2 is 1.68 bits per heavy atom. The third-order valence-corrected chi connectivity index (χ3v) is 5.29. The van der Waals surface area contributed by atoms with Crippen molar-refractivity contribution in [2.75, 3.05) is 19.0 Å². The maximum Gasteiger partial charge on any atom is 0.306 e. The molecule has 6 heteroatoms. The summed E-state index contributed by atoms with van der Waals surface area (Å²) in [6.45, 7) is 4.14. The summed E-state index contributed by atoms with van der Waals surface area (Å²) in [6.07, 6.45) is -0.180. The van der Waals surface area contributed by atoms with Crippen molar-refractivity contribution in [1.29, 1.82) is 0 Å². The Labute approximate surface area is 148 Å². The zero-order valence-corrected chi connectivity index (χ0v) is 15.2. The van der Waals surface area contributed by atoms with Crippen molar-refractivity contribution >= 4 is 15.8 Å².